The lowest BCUT2D eigenvalue weighted by atomic mass is 10.1. The number of anilines is 3. The molecule has 0 bridgehead atoms. The molecule has 4 rings (SSSR count). The molecule has 0 aliphatic rings. The van der Waals surface area contributed by atoms with E-state index in [0.717, 1.165) is 28.0 Å². The van der Waals surface area contributed by atoms with Crippen LogP contribution in [0.4, 0.5) is 17.1 Å². The van der Waals surface area contributed by atoms with Gasteiger partial charge >= 0.3 is 0 Å². The van der Waals surface area contributed by atoms with Crippen LogP contribution >= 0.6 is 11.6 Å². The van der Waals surface area contributed by atoms with Crippen molar-refractivity contribution >= 4 is 45.3 Å². The second kappa shape index (κ2) is 8.12. The maximum absolute atomic E-state index is 9.35. The number of hydrogen-bond donors (Lipinski definition) is 4. The van der Waals surface area contributed by atoms with Crippen molar-refractivity contribution in [2.75, 3.05) is 10.6 Å². The van der Waals surface area contributed by atoms with Crippen molar-refractivity contribution in [2.24, 2.45) is 5.73 Å². The van der Waals surface area contributed by atoms with Crippen LogP contribution in [0.15, 0.2) is 85.1 Å². The number of pyridine rings is 1. The summed E-state index contributed by atoms with van der Waals surface area (Å²) >= 11 is 6.08. The lowest BCUT2D eigenvalue weighted by Gasteiger charge is -2.11. The summed E-state index contributed by atoms with van der Waals surface area (Å²) in [4.78, 5) is 4.68. The summed E-state index contributed by atoms with van der Waals surface area (Å²) in [6.07, 6.45) is 1.69. The summed E-state index contributed by atoms with van der Waals surface area (Å²) in [5.41, 5.74) is 10.9. The van der Waals surface area contributed by atoms with Gasteiger partial charge in [0.1, 0.15) is 5.75 Å². The molecule has 0 atom stereocenters. The van der Waals surface area contributed by atoms with Crippen LogP contribution in [0.1, 0.15) is 5.69 Å². The third kappa shape index (κ3) is 4.42. The minimum absolute atomic E-state index is 0.214. The van der Waals surface area contributed by atoms with Crippen LogP contribution in [0.2, 0.25) is 5.02 Å². The standard InChI is InChI=1S/C23H19ClN4O/c24-15-3-1-4-17(13-15)27-21-5-2-6-22-19(21)11-12-23(28-22)20(25)14-26-16-7-9-18(29)10-8-16/h1-14,26-27,29H,25H2/b20-14-. The minimum atomic E-state index is 0.214. The number of hydrogen-bond acceptors (Lipinski definition) is 5. The van der Waals surface area contributed by atoms with E-state index in [2.05, 4.69) is 15.6 Å². The fraction of sp³-hybridized carbons (Fsp3) is 0. The Kier molecular flexibility index (Phi) is 5.22. The van der Waals surface area contributed by atoms with Crippen molar-refractivity contribution in [3.63, 3.8) is 0 Å². The van der Waals surface area contributed by atoms with E-state index in [4.69, 9.17) is 17.3 Å². The zero-order valence-corrected chi connectivity index (χ0v) is 16.2. The van der Waals surface area contributed by atoms with E-state index in [9.17, 15) is 5.11 Å². The van der Waals surface area contributed by atoms with Gasteiger partial charge in [-0.25, -0.2) is 4.98 Å². The number of rotatable bonds is 5. The highest BCUT2D eigenvalue weighted by Crippen LogP contribution is 2.27. The molecule has 0 aliphatic heterocycles. The maximum Gasteiger partial charge on any atom is 0.115 e. The SMILES string of the molecule is N/C(=C\Nc1ccc(O)cc1)c1ccc2c(Nc3cccc(Cl)c3)cccc2n1. The Bertz CT molecular complexity index is 1190. The van der Waals surface area contributed by atoms with Crippen molar-refractivity contribution < 1.29 is 5.11 Å². The highest BCUT2D eigenvalue weighted by molar-refractivity contribution is 6.30. The molecular weight excluding hydrogens is 384 g/mol. The van der Waals surface area contributed by atoms with Crippen LogP contribution in [-0.4, -0.2) is 10.1 Å². The minimum Gasteiger partial charge on any atom is -0.508 e. The number of nitrogens with one attached hydrogen (secondary N) is 2. The summed E-state index contributed by atoms with van der Waals surface area (Å²) < 4.78 is 0. The van der Waals surface area contributed by atoms with E-state index < -0.39 is 0 Å². The van der Waals surface area contributed by atoms with Gasteiger partial charge in [0.25, 0.3) is 0 Å². The highest BCUT2D eigenvalue weighted by atomic mass is 35.5. The van der Waals surface area contributed by atoms with Crippen LogP contribution in [0.25, 0.3) is 16.6 Å². The Morgan fingerprint density at radius 2 is 1.72 bits per heavy atom. The zero-order chi connectivity index (χ0) is 20.2. The molecule has 0 aliphatic carbocycles. The first-order valence-electron chi connectivity index (χ1n) is 9.02. The topological polar surface area (TPSA) is 83.2 Å². The Labute approximate surface area is 173 Å². The first-order valence-corrected chi connectivity index (χ1v) is 9.40. The van der Waals surface area contributed by atoms with Gasteiger partial charge in [-0.05, 0) is 66.7 Å². The second-order valence-electron chi connectivity index (χ2n) is 6.49. The zero-order valence-electron chi connectivity index (χ0n) is 15.4. The average Bonchev–Trinajstić information content (AvgIpc) is 2.73. The maximum atomic E-state index is 9.35. The first kappa shape index (κ1) is 18.7. The lowest BCUT2D eigenvalue weighted by Crippen LogP contribution is -2.03. The van der Waals surface area contributed by atoms with Gasteiger partial charge in [-0.15, -0.1) is 0 Å². The molecule has 0 radical (unpaired) electrons. The smallest absolute Gasteiger partial charge is 0.115 e. The molecule has 0 fully saturated rings. The number of nitrogens with two attached hydrogens (primary N) is 1. The lowest BCUT2D eigenvalue weighted by molar-refractivity contribution is 0.475. The van der Waals surface area contributed by atoms with Crippen LogP contribution < -0.4 is 16.4 Å². The molecule has 6 heteroatoms. The van der Waals surface area contributed by atoms with Crippen LogP contribution in [0.3, 0.4) is 0 Å². The van der Waals surface area contributed by atoms with Crippen LogP contribution in [0, 0.1) is 0 Å². The normalized spacial score (nSPS) is 11.4. The van der Waals surface area contributed by atoms with Gasteiger partial charge in [0, 0.05) is 33.7 Å². The average molecular weight is 403 g/mol. The predicted molar refractivity (Wildman–Crippen MR) is 120 cm³/mol. The molecule has 0 saturated heterocycles. The predicted octanol–water partition coefficient (Wildman–Crippen LogP) is 5.71. The highest BCUT2D eigenvalue weighted by Gasteiger charge is 2.06. The monoisotopic (exact) mass is 402 g/mol. The number of benzene rings is 3. The van der Waals surface area contributed by atoms with Crippen molar-refractivity contribution in [1.82, 2.24) is 4.98 Å². The molecule has 1 aromatic heterocycles. The number of nitrogens with zero attached hydrogens (tertiary/aromatic N) is 1. The quantitative estimate of drug-likeness (QED) is 0.321. The Balaban J connectivity index is 1.59. The summed E-state index contributed by atoms with van der Waals surface area (Å²) in [5, 5.41) is 17.5. The number of aromatic hydroxyl groups is 1. The number of halogens is 1. The van der Waals surface area contributed by atoms with Gasteiger partial charge in [-0.1, -0.05) is 23.7 Å². The molecule has 4 aromatic rings. The van der Waals surface area contributed by atoms with Gasteiger partial charge in [-0.2, -0.15) is 0 Å². The van der Waals surface area contributed by atoms with Crippen molar-refractivity contribution in [3.05, 3.63) is 95.8 Å². The molecular formula is C23H19ClN4O. The van der Waals surface area contributed by atoms with Crippen molar-refractivity contribution in [1.29, 1.82) is 0 Å². The van der Waals surface area contributed by atoms with Gasteiger partial charge in [0.05, 0.1) is 16.9 Å². The van der Waals surface area contributed by atoms with Gasteiger partial charge in [0.15, 0.2) is 0 Å². The molecule has 29 heavy (non-hydrogen) atoms. The number of phenolic OH excluding ortho intramolecular Hbond substituents is 1. The Morgan fingerprint density at radius 1 is 0.931 bits per heavy atom. The van der Waals surface area contributed by atoms with E-state index in [1.807, 2.05) is 54.6 Å². The van der Waals surface area contributed by atoms with E-state index in [0.29, 0.717) is 16.4 Å². The van der Waals surface area contributed by atoms with Crippen LogP contribution in [-0.2, 0) is 0 Å². The first-order chi connectivity index (χ1) is 14.1. The molecule has 5 nitrogen and oxygen atoms in total. The fourth-order valence-electron chi connectivity index (χ4n) is 2.94. The van der Waals surface area contributed by atoms with Gasteiger partial charge in [0.2, 0.25) is 0 Å². The molecule has 1 heterocycles. The molecule has 5 N–H and O–H groups in total. The number of fused-ring (bicyclic) bond motifs is 1. The van der Waals surface area contributed by atoms with Crippen molar-refractivity contribution in [2.45, 2.75) is 0 Å². The van der Waals surface area contributed by atoms with E-state index in [1.54, 1.807) is 30.5 Å². The molecule has 0 saturated carbocycles. The summed E-state index contributed by atoms with van der Waals surface area (Å²) in [6.45, 7) is 0. The third-order valence-electron chi connectivity index (χ3n) is 4.39. The van der Waals surface area contributed by atoms with Gasteiger partial charge < -0.3 is 21.5 Å². The molecule has 0 unspecified atom stereocenters. The Morgan fingerprint density at radius 3 is 2.52 bits per heavy atom. The van der Waals surface area contributed by atoms with Crippen LogP contribution in [0.5, 0.6) is 5.75 Å². The number of phenols is 1. The second-order valence-corrected chi connectivity index (χ2v) is 6.93. The fourth-order valence-corrected chi connectivity index (χ4v) is 3.13. The van der Waals surface area contributed by atoms with E-state index in [1.165, 1.54) is 0 Å². The van der Waals surface area contributed by atoms with Crippen molar-refractivity contribution in [3.8, 4) is 5.75 Å². The number of aromatic nitrogens is 1. The molecule has 3 aromatic carbocycles. The third-order valence-corrected chi connectivity index (χ3v) is 4.63. The van der Waals surface area contributed by atoms with Gasteiger partial charge in [-0.3, -0.25) is 0 Å². The summed E-state index contributed by atoms with van der Waals surface area (Å²) in [7, 11) is 0. The van der Waals surface area contributed by atoms with E-state index >= 15 is 0 Å². The summed E-state index contributed by atoms with van der Waals surface area (Å²) in [5.74, 6) is 0.214. The molecule has 0 amide bonds. The largest absolute Gasteiger partial charge is 0.508 e. The van der Waals surface area contributed by atoms with E-state index in [-0.39, 0.29) is 5.75 Å². The molecule has 144 valence electrons. The summed E-state index contributed by atoms with van der Waals surface area (Å²) in [6, 6.07) is 24.1. The Hall–Kier alpha value is -3.70. The molecule has 0 spiro atoms.